The molecular formula is C16H14ClN3O3. The number of benzene rings is 2. The van der Waals surface area contributed by atoms with E-state index < -0.39 is 0 Å². The summed E-state index contributed by atoms with van der Waals surface area (Å²) in [7, 11) is 1.56. The van der Waals surface area contributed by atoms with Gasteiger partial charge in [-0.3, -0.25) is 0 Å². The first kappa shape index (κ1) is 15.2. The van der Waals surface area contributed by atoms with E-state index in [1.165, 1.54) is 0 Å². The molecule has 1 N–H and O–H groups in total. The van der Waals surface area contributed by atoms with Crippen LogP contribution in [0.25, 0.3) is 0 Å². The number of hydrogen-bond donors (Lipinski definition) is 1. The zero-order valence-corrected chi connectivity index (χ0v) is 13.1. The molecule has 0 atom stereocenters. The average molecular weight is 332 g/mol. The lowest BCUT2D eigenvalue weighted by atomic mass is 10.3. The minimum absolute atomic E-state index is 0.196. The maximum Gasteiger partial charge on any atom is 0.320 e. The fraction of sp³-hybridized carbons (Fsp3) is 0.125. The summed E-state index contributed by atoms with van der Waals surface area (Å²) in [6.07, 6.45) is 0. The number of aromatic nitrogens is 2. The summed E-state index contributed by atoms with van der Waals surface area (Å²) in [5, 5.41) is 11.3. The predicted molar refractivity (Wildman–Crippen MR) is 86.4 cm³/mol. The lowest BCUT2D eigenvalue weighted by Gasteiger charge is -2.05. The van der Waals surface area contributed by atoms with Gasteiger partial charge in [0, 0.05) is 5.69 Å². The van der Waals surface area contributed by atoms with Crippen LogP contribution >= 0.6 is 11.6 Å². The minimum atomic E-state index is 0.196. The summed E-state index contributed by atoms with van der Waals surface area (Å²) in [4.78, 5) is 0. The van der Waals surface area contributed by atoms with Crippen molar-refractivity contribution in [3.8, 4) is 11.5 Å². The molecule has 0 aliphatic carbocycles. The highest BCUT2D eigenvalue weighted by atomic mass is 35.5. The van der Waals surface area contributed by atoms with Crippen LogP contribution in [-0.2, 0) is 6.61 Å². The van der Waals surface area contributed by atoms with Crippen LogP contribution in [-0.4, -0.2) is 17.3 Å². The van der Waals surface area contributed by atoms with Crippen LogP contribution in [0.2, 0.25) is 5.02 Å². The van der Waals surface area contributed by atoms with E-state index in [0.717, 1.165) is 11.4 Å². The van der Waals surface area contributed by atoms with Crippen LogP contribution < -0.4 is 14.8 Å². The molecule has 3 aromatic rings. The summed E-state index contributed by atoms with van der Waals surface area (Å²) in [6.45, 7) is 0.196. The summed E-state index contributed by atoms with van der Waals surface area (Å²) >= 11 is 6.07. The van der Waals surface area contributed by atoms with Gasteiger partial charge < -0.3 is 19.2 Å². The topological polar surface area (TPSA) is 69.4 Å². The van der Waals surface area contributed by atoms with Crippen LogP contribution in [0.3, 0.4) is 0 Å². The molecule has 0 saturated heterocycles. The molecule has 2 aromatic carbocycles. The standard InChI is InChI=1S/C16H14ClN3O3/c1-21-14-8-7-11(9-13(14)17)18-16-20-19-15(23-16)10-22-12-5-3-2-4-6-12/h2-9H,10H2,1H3,(H,18,20). The predicted octanol–water partition coefficient (Wildman–Crippen LogP) is 4.05. The van der Waals surface area contributed by atoms with Gasteiger partial charge in [-0.05, 0) is 30.3 Å². The quantitative estimate of drug-likeness (QED) is 0.734. The number of rotatable bonds is 6. The molecule has 0 aliphatic heterocycles. The van der Waals surface area contributed by atoms with E-state index in [4.69, 9.17) is 25.5 Å². The molecule has 0 amide bonds. The first-order valence-electron chi connectivity index (χ1n) is 6.85. The van der Waals surface area contributed by atoms with E-state index in [1.54, 1.807) is 25.3 Å². The van der Waals surface area contributed by atoms with Gasteiger partial charge in [-0.25, -0.2) is 0 Å². The van der Waals surface area contributed by atoms with E-state index in [-0.39, 0.29) is 12.6 Å². The van der Waals surface area contributed by atoms with Crippen molar-refractivity contribution in [2.24, 2.45) is 0 Å². The number of hydrogen-bond acceptors (Lipinski definition) is 6. The van der Waals surface area contributed by atoms with Gasteiger partial charge in [0.15, 0.2) is 6.61 Å². The molecule has 0 spiro atoms. The molecule has 23 heavy (non-hydrogen) atoms. The van der Waals surface area contributed by atoms with Gasteiger partial charge in [0.05, 0.1) is 12.1 Å². The van der Waals surface area contributed by atoms with Crippen molar-refractivity contribution >= 4 is 23.3 Å². The minimum Gasteiger partial charge on any atom is -0.495 e. The van der Waals surface area contributed by atoms with Crippen molar-refractivity contribution in [1.29, 1.82) is 0 Å². The van der Waals surface area contributed by atoms with Crippen LogP contribution in [0.15, 0.2) is 52.9 Å². The van der Waals surface area contributed by atoms with E-state index in [0.29, 0.717) is 16.7 Å². The van der Waals surface area contributed by atoms with Crippen LogP contribution in [0, 0.1) is 0 Å². The summed E-state index contributed by atoms with van der Waals surface area (Å²) in [5.74, 6) is 1.71. The third-order valence-corrected chi connectivity index (χ3v) is 3.27. The lowest BCUT2D eigenvalue weighted by molar-refractivity contribution is 0.265. The molecule has 1 heterocycles. The normalized spacial score (nSPS) is 10.3. The third-order valence-electron chi connectivity index (χ3n) is 2.98. The Morgan fingerprint density at radius 2 is 1.96 bits per heavy atom. The molecule has 0 radical (unpaired) electrons. The van der Waals surface area contributed by atoms with Gasteiger partial charge in [0.1, 0.15) is 11.5 Å². The third kappa shape index (κ3) is 3.92. The number of para-hydroxylation sites is 1. The van der Waals surface area contributed by atoms with E-state index >= 15 is 0 Å². The van der Waals surface area contributed by atoms with E-state index in [2.05, 4.69) is 15.5 Å². The number of nitrogens with zero attached hydrogens (tertiary/aromatic N) is 2. The number of ether oxygens (including phenoxy) is 2. The SMILES string of the molecule is COc1ccc(Nc2nnc(COc3ccccc3)o2)cc1Cl. The maximum absolute atomic E-state index is 6.07. The fourth-order valence-corrected chi connectivity index (χ4v) is 2.15. The Morgan fingerprint density at radius 3 is 2.70 bits per heavy atom. The molecule has 0 fully saturated rings. The number of nitrogens with one attached hydrogen (secondary N) is 1. The van der Waals surface area contributed by atoms with Crippen molar-refractivity contribution in [1.82, 2.24) is 10.2 Å². The largest absolute Gasteiger partial charge is 0.495 e. The molecule has 0 saturated carbocycles. The van der Waals surface area contributed by atoms with Crippen molar-refractivity contribution in [3.05, 3.63) is 59.4 Å². The Labute approximate surface area is 138 Å². The molecule has 118 valence electrons. The van der Waals surface area contributed by atoms with Gasteiger partial charge in [-0.15, -0.1) is 5.10 Å². The van der Waals surface area contributed by atoms with Crippen LogP contribution in [0.4, 0.5) is 11.7 Å². The van der Waals surface area contributed by atoms with Gasteiger partial charge >= 0.3 is 6.01 Å². The Morgan fingerprint density at radius 1 is 1.13 bits per heavy atom. The molecule has 0 aliphatic rings. The van der Waals surface area contributed by atoms with Crippen LogP contribution in [0.5, 0.6) is 11.5 Å². The Balaban J connectivity index is 1.62. The molecule has 3 rings (SSSR count). The fourth-order valence-electron chi connectivity index (χ4n) is 1.89. The summed E-state index contributed by atoms with van der Waals surface area (Å²) in [5.41, 5.74) is 0.718. The van der Waals surface area contributed by atoms with Crippen molar-refractivity contribution in [2.45, 2.75) is 6.61 Å². The highest BCUT2D eigenvalue weighted by molar-refractivity contribution is 6.32. The molecule has 6 nitrogen and oxygen atoms in total. The van der Waals surface area contributed by atoms with Gasteiger partial charge in [-0.1, -0.05) is 34.9 Å². The second-order valence-electron chi connectivity index (χ2n) is 4.58. The van der Waals surface area contributed by atoms with E-state index in [9.17, 15) is 0 Å². The van der Waals surface area contributed by atoms with Crippen molar-refractivity contribution in [3.63, 3.8) is 0 Å². The smallest absolute Gasteiger partial charge is 0.320 e. The Kier molecular flexibility index (Phi) is 4.63. The highest BCUT2D eigenvalue weighted by Gasteiger charge is 2.08. The molecule has 0 bridgehead atoms. The lowest BCUT2D eigenvalue weighted by Crippen LogP contribution is -1.95. The number of halogens is 1. The average Bonchev–Trinajstić information content (AvgIpc) is 3.02. The van der Waals surface area contributed by atoms with Gasteiger partial charge in [0.25, 0.3) is 5.89 Å². The second-order valence-corrected chi connectivity index (χ2v) is 4.98. The first-order valence-corrected chi connectivity index (χ1v) is 7.23. The number of anilines is 2. The van der Waals surface area contributed by atoms with E-state index in [1.807, 2.05) is 30.3 Å². The highest BCUT2D eigenvalue weighted by Crippen LogP contribution is 2.28. The maximum atomic E-state index is 6.07. The van der Waals surface area contributed by atoms with Gasteiger partial charge in [-0.2, -0.15) is 0 Å². The summed E-state index contributed by atoms with van der Waals surface area (Å²) in [6, 6.07) is 14.9. The second kappa shape index (κ2) is 7.02. The molecule has 7 heteroatoms. The van der Waals surface area contributed by atoms with Gasteiger partial charge in [0.2, 0.25) is 0 Å². The molecule has 0 unspecified atom stereocenters. The van der Waals surface area contributed by atoms with Crippen LogP contribution in [0.1, 0.15) is 5.89 Å². The van der Waals surface area contributed by atoms with Crippen molar-refractivity contribution in [2.75, 3.05) is 12.4 Å². The summed E-state index contributed by atoms with van der Waals surface area (Å²) < 4.78 is 16.1. The molecular weight excluding hydrogens is 318 g/mol. The number of methoxy groups -OCH3 is 1. The zero-order valence-electron chi connectivity index (χ0n) is 12.3. The first-order chi connectivity index (χ1) is 11.2. The Bertz CT molecular complexity index is 777. The van der Waals surface area contributed by atoms with Crippen molar-refractivity contribution < 1.29 is 13.9 Å². The molecule has 1 aromatic heterocycles. The Hall–Kier alpha value is -2.73. The zero-order chi connectivity index (χ0) is 16.1. The monoisotopic (exact) mass is 331 g/mol.